The van der Waals surface area contributed by atoms with Crippen LogP contribution in [0, 0.1) is 5.82 Å². The maximum Gasteiger partial charge on any atom is 0.274 e. The van der Waals surface area contributed by atoms with Gasteiger partial charge in [0.25, 0.3) is 5.91 Å². The van der Waals surface area contributed by atoms with Gasteiger partial charge in [0, 0.05) is 30.2 Å². The van der Waals surface area contributed by atoms with Gasteiger partial charge in [-0.2, -0.15) is 5.10 Å². The van der Waals surface area contributed by atoms with E-state index in [0.717, 1.165) is 29.0 Å². The average Bonchev–Trinajstić information content (AvgIpc) is 3.22. The first-order valence-electron chi connectivity index (χ1n) is 7.51. The summed E-state index contributed by atoms with van der Waals surface area (Å²) < 4.78 is 13.3. The zero-order chi connectivity index (χ0) is 15.8. The van der Waals surface area contributed by atoms with Gasteiger partial charge < -0.3 is 0 Å². The fraction of sp³-hybridized carbons (Fsp3) is 0.167. The first-order chi connectivity index (χ1) is 11.2. The number of nitrogens with zero attached hydrogens (tertiary/aromatic N) is 3. The standard InChI is InChI=1S/C18H14FN3O/c19-15-5-1-4-13(10-15)18(23)22-8-7-17(21-22)14-9-12-3-2-6-16(12)20-11-14/h1-5,9-11H,6-8H2. The van der Waals surface area contributed by atoms with Crippen LogP contribution in [0.25, 0.3) is 6.08 Å². The van der Waals surface area contributed by atoms with Crippen LogP contribution in [0.15, 0.2) is 47.7 Å². The van der Waals surface area contributed by atoms with Gasteiger partial charge in [-0.25, -0.2) is 9.40 Å². The quantitative estimate of drug-likeness (QED) is 0.856. The highest BCUT2D eigenvalue weighted by Crippen LogP contribution is 2.22. The second-order valence-corrected chi connectivity index (χ2v) is 5.60. The van der Waals surface area contributed by atoms with Gasteiger partial charge in [0.05, 0.1) is 18.0 Å². The smallest absolute Gasteiger partial charge is 0.267 e. The van der Waals surface area contributed by atoms with Gasteiger partial charge in [-0.15, -0.1) is 0 Å². The molecule has 0 N–H and O–H groups in total. The molecule has 0 bridgehead atoms. The Morgan fingerprint density at radius 3 is 3.04 bits per heavy atom. The molecule has 1 aliphatic carbocycles. The van der Waals surface area contributed by atoms with Crippen molar-refractivity contribution in [1.29, 1.82) is 0 Å². The number of hydrazone groups is 1. The molecule has 2 heterocycles. The highest BCUT2D eigenvalue weighted by Gasteiger charge is 2.23. The van der Waals surface area contributed by atoms with Gasteiger partial charge >= 0.3 is 0 Å². The van der Waals surface area contributed by atoms with Crippen LogP contribution in [0.4, 0.5) is 4.39 Å². The molecule has 1 aliphatic heterocycles. The highest BCUT2D eigenvalue weighted by atomic mass is 19.1. The Kier molecular flexibility index (Phi) is 3.26. The van der Waals surface area contributed by atoms with Crippen LogP contribution in [0.1, 0.15) is 33.6 Å². The van der Waals surface area contributed by atoms with Gasteiger partial charge in [0.15, 0.2) is 0 Å². The molecule has 114 valence electrons. The predicted molar refractivity (Wildman–Crippen MR) is 85.6 cm³/mol. The topological polar surface area (TPSA) is 45.6 Å². The van der Waals surface area contributed by atoms with E-state index in [4.69, 9.17) is 0 Å². The van der Waals surface area contributed by atoms with Crippen molar-refractivity contribution in [3.8, 4) is 0 Å². The Balaban J connectivity index is 1.59. The molecule has 4 nitrogen and oxygen atoms in total. The molecule has 0 radical (unpaired) electrons. The SMILES string of the molecule is O=C(c1cccc(F)c1)N1CCC(c2cnc3c(c2)C=CC3)=N1. The minimum absolute atomic E-state index is 0.284. The lowest BCUT2D eigenvalue weighted by molar-refractivity contribution is 0.0778. The molecule has 4 rings (SSSR count). The molecule has 2 aromatic rings. The lowest BCUT2D eigenvalue weighted by Gasteiger charge is -2.11. The summed E-state index contributed by atoms with van der Waals surface area (Å²) >= 11 is 0. The molecular weight excluding hydrogens is 293 g/mol. The minimum atomic E-state index is -0.422. The summed E-state index contributed by atoms with van der Waals surface area (Å²) in [7, 11) is 0. The lowest BCUT2D eigenvalue weighted by atomic mass is 10.1. The molecule has 0 spiro atoms. The van der Waals surface area contributed by atoms with Crippen molar-refractivity contribution in [3.63, 3.8) is 0 Å². The number of hydrogen-bond acceptors (Lipinski definition) is 3. The Morgan fingerprint density at radius 1 is 1.26 bits per heavy atom. The van der Waals surface area contributed by atoms with E-state index >= 15 is 0 Å². The van der Waals surface area contributed by atoms with Crippen LogP contribution in [-0.4, -0.2) is 28.2 Å². The van der Waals surface area contributed by atoms with E-state index < -0.39 is 5.82 Å². The third kappa shape index (κ3) is 2.54. The zero-order valence-electron chi connectivity index (χ0n) is 12.4. The number of carbonyl (C=O) groups excluding carboxylic acids is 1. The van der Waals surface area contributed by atoms with E-state index in [-0.39, 0.29) is 5.91 Å². The molecule has 0 saturated carbocycles. The molecule has 1 aromatic carbocycles. The van der Waals surface area contributed by atoms with Crippen LogP contribution in [0.2, 0.25) is 0 Å². The molecule has 2 aliphatic rings. The molecular formula is C18H14FN3O. The first-order valence-corrected chi connectivity index (χ1v) is 7.51. The summed E-state index contributed by atoms with van der Waals surface area (Å²) in [6, 6.07) is 7.73. The third-order valence-corrected chi connectivity index (χ3v) is 4.05. The average molecular weight is 307 g/mol. The van der Waals surface area contributed by atoms with Crippen molar-refractivity contribution in [3.05, 3.63) is 70.8 Å². The van der Waals surface area contributed by atoms with Gasteiger partial charge in [-0.3, -0.25) is 9.78 Å². The van der Waals surface area contributed by atoms with Crippen LogP contribution in [-0.2, 0) is 6.42 Å². The largest absolute Gasteiger partial charge is 0.274 e. The van der Waals surface area contributed by atoms with E-state index in [1.165, 1.54) is 23.2 Å². The summed E-state index contributed by atoms with van der Waals surface area (Å²) in [4.78, 5) is 16.8. The maximum absolute atomic E-state index is 13.3. The van der Waals surface area contributed by atoms with Crippen molar-refractivity contribution < 1.29 is 9.18 Å². The summed E-state index contributed by atoms with van der Waals surface area (Å²) in [6.07, 6.45) is 7.48. The number of amides is 1. The number of halogens is 1. The minimum Gasteiger partial charge on any atom is -0.267 e. The Labute approximate surface area is 133 Å². The van der Waals surface area contributed by atoms with Crippen molar-refractivity contribution in [2.75, 3.05) is 6.54 Å². The number of benzene rings is 1. The molecule has 5 heteroatoms. The molecule has 1 aromatic heterocycles. The van der Waals surface area contributed by atoms with Crippen LogP contribution >= 0.6 is 0 Å². The number of hydrogen-bond donors (Lipinski definition) is 0. The van der Waals surface area contributed by atoms with Crippen molar-refractivity contribution in [2.24, 2.45) is 5.10 Å². The lowest BCUT2D eigenvalue weighted by Crippen LogP contribution is -2.23. The monoisotopic (exact) mass is 307 g/mol. The summed E-state index contributed by atoms with van der Waals surface area (Å²) in [5.74, 6) is -0.706. The van der Waals surface area contributed by atoms with Crippen molar-refractivity contribution >= 4 is 17.7 Å². The predicted octanol–water partition coefficient (Wildman–Crippen LogP) is 3.04. The highest BCUT2D eigenvalue weighted by molar-refractivity contribution is 6.04. The second kappa shape index (κ2) is 5.43. The van der Waals surface area contributed by atoms with Gasteiger partial charge in [0.2, 0.25) is 0 Å². The van der Waals surface area contributed by atoms with Crippen LogP contribution in [0.5, 0.6) is 0 Å². The molecule has 23 heavy (non-hydrogen) atoms. The summed E-state index contributed by atoms with van der Waals surface area (Å²) in [5.41, 5.74) is 4.26. The van der Waals surface area contributed by atoms with Gasteiger partial charge in [-0.1, -0.05) is 18.2 Å². The van der Waals surface area contributed by atoms with E-state index in [2.05, 4.69) is 28.3 Å². The zero-order valence-corrected chi connectivity index (χ0v) is 12.4. The van der Waals surface area contributed by atoms with Crippen LogP contribution < -0.4 is 0 Å². The third-order valence-electron chi connectivity index (χ3n) is 4.05. The number of rotatable bonds is 2. The van der Waals surface area contributed by atoms with Crippen LogP contribution in [0.3, 0.4) is 0 Å². The number of aromatic nitrogens is 1. The van der Waals surface area contributed by atoms with E-state index in [9.17, 15) is 9.18 Å². The Morgan fingerprint density at radius 2 is 2.17 bits per heavy atom. The van der Waals surface area contributed by atoms with E-state index in [0.29, 0.717) is 18.5 Å². The molecule has 0 atom stereocenters. The fourth-order valence-corrected chi connectivity index (χ4v) is 2.86. The summed E-state index contributed by atoms with van der Waals surface area (Å²) in [5, 5.41) is 5.80. The fourth-order valence-electron chi connectivity index (χ4n) is 2.86. The first kappa shape index (κ1) is 13.8. The van der Waals surface area contributed by atoms with Gasteiger partial charge in [-0.05, 0) is 29.8 Å². The van der Waals surface area contributed by atoms with Gasteiger partial charge in [0.1, 0.15) is 5.82 Å². The maximum atomic E-state index is 13.3. The number of carbonyl (C=O) groups is 1. The summed E-state index contributed by atoms with van der Waals surface area (Å²) in [6.45, 7) is 0.498. The number of pyridine rings is 1. The number of fused-ring (bicyclic) bond motifs is 1. The Hall–Kier alpha value is -2.82. The van der Waals surface area contributed by atoms with Crippen molar-refractivity contribution in [2.45, 2.75) is 12.8 Å². The molecule has 0 saturated heterocycles. The second-order valence-electron chi connectivity index (χ2n) is 5.60. The van der Waals surface area contributed by atoms with Crippen molar-refractivity contribution in [1.82, 2.24) is 9.99 Å². The van der Waals surface area contributed by atoms with E-state index in [1.54, 1.807) is 12.3 Å². The Bertz CT molecular complexity index is 857. The number of allylic oxidation sites excluding steroid dienone is 1. The van der Waals surface area contributed by atoms with E-state index in [1.807, 2.05) is 0 Å². The molecule has 1 amide bonds. The molecule has 0 fully saturated rings. The molecule has 0 unspecified atom stereocenters. The normalized spacial score (nSPS) is 15.7.